The van der Waals surface area contributed by atoms with Crippen LogP contribution in [-0.2, 0) is 22.7 Å². The van der Waals surface area contributed by atoms with Gasteiger partial charge < -0.3 is 5.11 Å². The molecule has 0 atom stereocenters. The van der Waals surface area contributed by atoms with E-state index in [1.54, 1.807) is 26.0 Å². The number of rotatable bonds is 3. The summed E-state index contributed by atoms with van der Waals surface area (Å²) in [6, 6.07) is 7.20. The van der Waals surface area contributed by atoms with Crippen molar-refractivity contribution in [1.29, 1.82) is 0 Å². The van der Waals surface area contributed by atoms with Crippen LogP contribution in [0.4, 0.5) is 0 Å². The Labute approximate surface area is 106 Å². The number of carbonyl (C=O) groups excluding carboxylic acids is 2. The summed E-state index contributed by atoms with van der Waals surface area (Å²) < 4.78 is 0. The predicted octanol–water partition coefficient (Wildman–Crippen LogP) is 1.38. The van der Waals surface area contributed by atoms with Gasteiger partial charge in [0, 0.05) is 11.1 Å². The van der Waals surface area contributed by atoms with E-state index in [-0.39, 0.29) is 25.0 Å². The summed E-state index contributed by atoms with van der Waals surface area (Å²) in [5.74, 6) is -0.438. The number of hydrogen-bond acceptors (Lipinski definition) is 3. The van der Waals surface area contributed by atoms with E-state index in [1.165, 1.54) is 4.90 Å². The minimum Gasteiger partial charge on any atom is -0.392 e. The molecule has 0 saturated heterocycles. The second kappa shape index (κ2) is 4.74. The molecule has 0 unspecified atom stereocenters. The number of amides is 2. The molecule has 0 fully saturated rings. The Kier molecular flexibility index (Phi) is 3.30. The molecule has 18 heavy (non-hydrogen) atoms. The molecular formula is C14H15NO3. The van der Waals surface area contributed by atoms with Crippen molar-refractivity contribution < 1.29 is 14.7 Å². The smallest absolute Gasteiger partial charge is 0.257 e. The van der Waals surface area contributed by atoms with Gasteiger partial charge in [-0.2, -0.15) is 0 Å². The molecule has 0 bridgehead atoms. The normalized spacial score (nSPS) is 15.8. The number of aliphatic hydroxyl groups is 1. The van der Waals surface area contributed by atoms with Crippen molar-refractivity contribution in [3.8, 4) is 0 Å². The molecule has 1 aliphatic rings. The van der Waals surface area contributed by atoms with Crippen LogP contribution in [0.25, 0.3) is 0 Å². The standard InChI is InChI=1S/C14H15NO3/c1-9-10(2)14(18)15(13(9)17)7-11-3-5-12(8-16)6-4-11/h3-6,16H,7-8H2,1-2H3. The van der Waals surface area contributed by atoms with Crippen molar-refractivity contribution >= 4 is 11.8 Å². The van der Waals surface area contributed by atoms with Gasteiger partial charge in [0.15, 0.2) is 0 Å². The van der Waals surface area contributed by atoms with Crippen LogP contribution >= 0.6 is 0 Å². The van der Waals surface area contributed by atoms with Crippen LogP contribution in [0.5, 0.6) is 0 Å². The van der Waals surface area contributed by atoms with E-state index >= 15 is 0 Å². The van der Waals surface area contributed by atoms with Crippen molar-refractivity contribution in [3.05, 3.63) is 46.5 Å². The number of nitrogens with zero attached hydrogens (tertiary/aromatic N) is 1. The molecule has 0 radical (unpaired) electrons. The van der Waals surface area contributed by atoms with Gasteiger partial charge in [-0.3, -0.25) is 14.5 Å². The van der Waals surface area contributed by atoms with Crippen LogP contribution in [0.1, 0.15) is 25.0 Å². The first-order valence-corrected chi connectivity index (χ1v) is 5.77. The minimum atomic E-state index is -0.219. The lowest BCUT2D eigenvalue weighted by Crippen LogP contribution is -2.30. The van der Waals surface area contributed by atoms with Gasteiger partial charge in [-0.1, -0.05) is 24.3 Å². The van der Waals surface area contributed by atoms with Crippen LogP contribution in [0, 0.1) is 0 Å². The maximum Gasteiger partial charge on any atom is 0.257 e. The van der Waals surface area contributed by atoms with Gasteiger partial charge in [-0.15, -0.1) is 0 Å². The highest BCUT2D eigenvalue weighted by atomic mass is 16.3. The van der Waals surface area contributed by atoms with Gasteiger partial charge in [0.05, 0.1) is 13.2 Å². The summed E-state index contributed by atoms with van der Waals surface area (Å²) in [4.78, 5) is 25.0. The molecule has 0 saturated carbocycles. The van der Waals surface area contributed by atoms with E-state index in [4.69, 9.17) is 5.11 Å². The second-order valence-electron chi connectivity index (χ2n) is 4.42. The Morgan fingerprint density at radius 1 is 0.944 bits per heavy atom. The highest BCUT2D eigenvalue weighted by Gasteiger charge is 2.32. The SMILES string of the molecule is CC1=C(C)C(=O)N(Cc2ccc(CO)cc2)C1=O. The molecular weight excluding hydrogens is 230 g/mol. The topological polar surface area (TPSA) is 57.6 Å². The summed E-state index contributed by atoms with van der Waals surface area (Å²) in [5, 5.41) is 8.94. The zero-order valence-corrected chi connectivity index (χ0v) is 10.4. The summed E-state index contributed by atoms with van der Waals surface area (Å²) in [6.07, 6.45) is 0. The van der Waals surface area contributed by atoms with Gasteiger partial charge in [0.1, 0.15) is 0 Å². The Morgan fingerprint density at radius 2 is 1.39 bits per heavy atom. The third kappa shape index (κ3) is 2.07. The van der Waals surface area contributed by atoms with Crippen LogP contribution in [-0.4, -0.2) is 21.8 Å². The van der Waals surface area contributed by atoms with Crippen molar-refractivity contribution in [2.45, 2.75) is 27.0 Å². The molecule has 4 nitrogen and oxygen atoms in total. The van der Waals surface area contributed by atoms with E-state index in [9.17, 15) is 9.59 Å². The first kappa shape index (κ1) is 12.5. The Morgan fingerprint density at radius 3 is 1.83 bits per heavy atom. The fraction of sp³-hybridized carbons (Fsp3) is 0.286. The van der Waals surface area contributed by atoms with Gasteiger partial charge in [-0.25, -0.2) is 0 Å². The molecule has 1 aromatic carbocycles. The van der Waals surface area contributed by atoms with Crippen molar-refractivity contribution in [3.63, 3.8) is 0 Å². The van der Waals surface area contributed by atoms with Crippen molar-refractivity contribution in [1.82, 2.24) is 4.90 Å². The lowest BCUT2D eigenvalue weighted by Gasteiger charge is -2.15. The molecule has 4 heteroatoms. The number of imide groups is 1. The third-order valence-corrected chi connectivity index (χ3v) is 3.24. The number of aliphatic hydroxyl groups excluding tert-OH is 1. The number of benzene rings is 1. The van der Waals surface area contributed by atoms with Gasteiger partial charge in [-0.05, 0) is 25.0 Å². The first-order valence-electron chi connectivity index (χ1n) is 5.77. The Balaban J connectivity index is 2.16. The molecule has 0 spiro atoms. The summed E-state index contributed by atoms with van der Waals surface area (Å²) >= 11 is 0. The average Bonchev–Trinajstić information content (AvgIpc) is 2.57. The monoisotopic (exact) mass is 245 g/mol. The van der Waals surface area contributed by atoms with Gasteiger partial charge in [0.25, 0.3) is 11.8 Å². The summed E-state index contributed by atoms with van der Waals surface area (Å²) in [7, 11) is 0. The first-order chi connectivity index (χ1) is 8.54. The molecule has 1 aliphatic heterocycles. The zero-order chi connectivity index (χ0) is 13.3. The third-order valence-electron chi connectivity index (χ3n) is 3.24. The second-order valence-corrected chi connectivity index (χ2v) is 4.42. The zero-order valence-electron chi connectivity index (χ0n) is 10.4. The number of carbonyl (C=O) groups is 2. The van der Waals surface area contributed by atoms with E-state index < -0.39 is 0 Å². The van der Waals surface area contributed by atoms with Crippen molar-refractivity contribution in [2.75, 3.05) is 0 Å². The quantitative estimate of drug-likeness (QED) is 0.818. The fourth-order valence-corrected chi connectivity index (χ4v) is 1.89. The van der Waals surface area contributed by atoms with Crippen LogP contribution < -0.4 is 0 Å². The highest BCUT2D eigenvalue weighted by molar-refractivity contribution is 6.18. The van der Waals surface area contributed by atoms with E-state index in [2.05, 4.69) is 0 Å². The largest absolute Gasteiger partial charge is 0.392 e. The van der Waals surface area contributed by atoms with Crippen LogP contribution in [0.15, 0.2) is 35.4 Å². The molecule has 1 aromatic rings. The average molecular weight is 245 g/mol. The van der Waals surface area contributed by atoms with Crippen LogP contribution in [0.2, 0.25) is 0 Å². The molecule has 2 amide bonds. The lowest BCUT2D eigenvalue weighted by atomic mass is 10.1. The van der Waals surface area contributed by atoms with E-state index in [0.717, 1.165) is 11.1 Å². The Hall–Kier alpha value is -1.94. The fourth-order valence-electron chi connectivity index (χ4n) is 1.89. The lowest BCUT2D eigenvalue weighted by molar-refractivity contribution is -0.138. The highest BCUT2D eigenvalue weighted by Crippen LogP contribution is 2.21. The van der Waals surface area contributed by atoms with E-state index in [1.807, 2.05) is 12.1 Å². The van der Waals surface area contributed by atoms with Gasteiger partial charge in [0.2, 0.25) is 0 Å². The minimum absolute atomic E-state index is 0.0123. The van der Waals surface area contributed by atoms with Gasteiger partial charge >= 0.3 is 0 Å². The molecule has 2 rings (SSSR count). The maximum absolute atomic E-state index is 11.9. The molecule has 0 aliphatic carbocycles. The van der Waals surface area contributed by atoms with Crippen molar-refractivity contribution in [2.24, 2.45) is 0 Å². The molecule has 94 valence electrons. The number of hydrogen-bond donors (Lipinski definition) is 1. The predicted molar refractivity (Wildman–Crippen MR) is 66.3 cm³/mol. The maximum atomic E-state index is 11.9. The molecule has 0 aromatic heterocycles. The van der Waals surface area contributed by atoms with E-state index in [0.29, 0.717) is 11.1 Å². The van der Waals surface area contributed by atoms with Crippen LogP contribution in [0.3, 0.4) is 0 Å². The Bertz CT molecular complexity index is 504. The molecule has 1 N–H and O–H groups in total. The summed E-state index contributed by atoms with van der Waals surface area (Å²) in [6.45, 7) is 3.61. The summed E-state index contributed by atoms with van der Waals surface area (Å²) in [5.41, 5.74) is 2.72. The molecule has 1 heterocycles.